The van der Waals surface area contributed by atoms with Gasteiger partial charge in [-0.2, -0.15) is 0 Å². The Labute approximate surface area is 146 Å². The standard InChI is InChI=1S/C22H30N2/c1-2-3-5-13-22(24-16-14-23-15-17-24)21-12-8-11-20(18-21)19-9-6-4-7-10-19/h4,6-12,18,22-23H,2-3,5,13-17H2,1H3/t22-/m1/s1. The van der Waals surface area contributed by atoms with Crippen LogP contribution in [-0.4, -0.2) is 31.1 Å². The van der Waals surface area contributed by atoms with Gasteiger partial charge in [-0.1, -0.05) is 74.7 Å². The maximum absolute atomic E-state index is 3.48. The van der Waals surface area contributed by atoms with Crippen molar-refractivity contribution in [2.45, 2.75) is 38.6 Å². The zero-order chi connectivity index (χ0) is 16.6. The number of nitrogens with one attached hydrogen (secondary N) is 1. The Hall–Kier alpha value is -1.64. The van der Waals surface area contributed by atoms with Crippen molar-refractivity contribution < 1.29 is 0 Å². The minimum Gasteiger partial charge on any atom is -0.314 e. The van der Waals surface area contributed by atoms with Gasteiger partial charge in [-0.3, -0.25) is 4.90 Å². The van der Waals surface area contributed by atoms with Gasteiger partial charge in [0.25, 0.3) is 0 Å². The Morgan fingerprint density at radius 1 is 0.917 bits per heavy atom. The molecule has 2 heteroatoms. The fourth-order valence-corrected chi connectivity index (χ4v) is 3.70. The molecule has 0 unspecified atom stereocenters. The summed E-state index contributed by atoms with van der Waals surface area (Å²) in [5.41, 5.74) is 4.13. The molecule has 1 heterocycles. The van der Waals surface area contributed by atoms with E-state index in [1.54, 1.807) is 0 Å². The molecule has 1 fully saturated rings. The lowest BCUT2D eigenvalue weighted by Crippen LogP contribution is -2.45. The Bertz CT molecular complexity index is 602. The van der Waals surface area contributed by atoms with Crippen LogP contribution in [0.3, 0.4) is 0 Å². The lowest BCUT2D eigenvalue weighted by atomic mass is 9.95. The summed E-state index contributed by atoms with van der Waals surface area (Å²) >= 11 is 0. The van der Waals surface area contributed by atoms with E-state index in [4.69, 9.17) is 0 Å². The Morgan fingerprint density at radius 2 is 1.67 bits per heavy atom. The normalized spacial score (nSPS) is 16.9. The molecule has 2 aromatic rings. The molecule has 1 aliphatic rings. The average molecular weight is 322 g/mol. The molecule has 0 bridgehead atoms. The van der Waals surface area contributed by atoms with Gasteiger partial charge in [0.2, 0.25) is 0 Å². The molecule has 2 aromatic carbocycles. The summed E-state index contributed by atoms with van der Waals surface area (Å²) in [6.45, 7) is 6.83. The predicted molar refractivity (Wildman–Crippen MR) is 103 cm³/mol. The highest BCUT2D eigenvalue weighted by Crippen LogP contribution is 2.30. The summed E-state index contributed by atoms with van der Waals surface area (Å²) in [4.78, 5) is 2.68. The average Bonchev–Trinajstić information content (AvgIpc) is 2.67. The molecule has 1 N–H and O–H groups in total. The van der Waals surface area contributed by atoms with Crippen LogP contribution in [0.25, 0.3) is 11.1 Å². The van der Waals surface area contributed by atoms with E-state index in [0.29, 0.717) is 6.04 Å². The fourth-order valence-electron chi connectivity index (χ4n) is 3.70. The molecular formula is C22H30N2. The number of benzene rings is 2. The van der Waals surface area contributed by atoms with Crippen molar-refractivity contribution in [2.75, 3.05) is 26.2 Å². The van der Waals surface area contributed by atoms with Gasteiger partial charge in [0.15, 0.2) is 0 Å². The monoisotopic (exact) mass is 322 g/mol. The first-order valence-corrected chi connectivity index (χ1v) is 9.48. The van der Waals surface area contributed by atoms with Crippen LogP contribution in [0.1, 0.15) is 44.2 Å². The van der Waals surface area contributed by atoms with E-state index in [9.17, 15) is 0 Å². The third-order valence-corrected chi connectivity index (χ3v) is 5.05. The third kappa shape index (κ3) is 4.46. The summed E-state index contributed by atoms with van der Waals surface area (Å²) in [5.74, 6) is 0. The van der Waals surface area contributed by atoms with Gasteiger partial charge >= 0.3 is 0 Å². The minimum atomic E-state index is 0.558. The van der Waals surface area contributed by atoms with E-state index in [1.165, 1.54) is 42.4 Å². The summed E-state index contributed by atoms with van der Waals surface area (Å²) in [5, 5.41) is 3.48. The van der Waals surface area contributed by atoms with Gasteiger partial charge in [0, 0.05) is 32.2 Å². The highest BCUT2D eigenvalue weighted by molar-refractivity contribution is 5.64. The van der Waals surface area contributed by atoms with Gasteiger partial charge in [-0.05, 0) is 29.2 Å². The summed E-state index contributed by atoms with van der Waals surface area (Å²) in [6.07, 6.45) is 5.21. The van der Waals surface area contributed by atoms with Crippen molar-refractivity contribution in [3.8, 4) is 11.1 Å². The van der Waals surface area contributed by atoms with E-state index < -0.39 is 0 Å². The molecular weight excluding hydrogens is 292 g/mol. The number of hydrogen-bond acceptors (Lipinski definition) is 2. The van der Waals surface area contributed by atoms with Crippen LogP contribution in [0.5, 0.6) is 0 Å². The molecule has 3 rings (SSSR count). The second-order valence-electron chi connectivity index (χ2n) is 6.79. The molecule has 1 aliphatic heterocycles. The van der Waals surface area contributed by atoms with Crippen LogP contribution in [-0.2, 0) is 0 Å². The van der Waals surface area contributed by atoms with E-state index in [1.807, 2.05) is 0 Å². The van der Waals surface area contributed by atoms with Crippen molar-refractivity contribution in [1.29, 1.82) is 0 Å². The molecule has 0 aliphatic carbocycles. The molecule has 0 radical (unpaired) electrons. The number of rotatable bonds is 7. The van der Waals surface area contributed by atoms with Crippen molar-refractivity contribution >= 4 is 0 Å². The zero-order valence-corrected chi connectivity index (χ0v) is 14.9. The van der Waals surface area contributed by atoms with Gasteiger partial charge in [-0.25, -0.2) is 0 Å². The predicted octanol–water partition coefficient (Wildman–Crippen LogP) is 4.88. The van der Waals surface area contributed by atoms with E-state index >= 15 is 0 Å². The third-order valence-electron chi connectivity index (χ3n) is 5.05. The Balaban J connectivity index is 1.83. The first-order valence-electron chi connectivity index (χ1n) is 9.48. The molecule has 0 aromatic heterocycles. The van der Waals surface area contributed by atoms with Crippen LogP contribution in [0.15, 0.2) is 54.6 Å². The number of piperazine rings is 1. The molecule has 0 spiro atoms. The molecule has 0 amide bonds. The van der Waals surface area contributed by atoms with Gasteiger partial charge in [0.05, 0.1) is 0 Å². The maximum atomic E-state index is 3.48. The van der Waals surface area contributed by atoms with Crippen LogP contribution < -0.4 is 5.32 Å². The van der Waals surface area contributed by atoms with E-state index in [2.05, 4.69) is 71.7 Å². The summed E-state index contributed by atoms with van der Waals surface area (Å²) in [7, 11) is 0. The summed E-state index contributed by atoms with van der Waals surface area (Å²) in [6, 6.07) is 20.5. The lowest BCUT2D eigenvalue weighted by molar-refractivity contribution is 0.163. The molecule has 0 saturated carbocycles. The van der Waals surface area contributed by atoms with Crippen LogP contribution in [0.4, 0.5) is 0 Å². The highest BCUT2D eigenvalue weighted by Gasteiger charge is 2.22. The first kappa shape index (κ1) is 17.2. The number of unbranched alkanes of at least 4 members (excludes halogenated alkanes) is 2. The highest BCUT2D eigenvalue weighted by atomic mass is 15.2. The Morgan fingerprint density at radius 3 is 2.42 bits per heavy atom. The Kier molecular flexibility index (Phi) is 6.45. The SMILES string of the molecule is CCCCC[C@H](c1cccc(-c2ccccc2)c1)N1CCNCC1. The summed E-state index contributed by atoms with van der Waals surface area (Å²) < 4.78 is 0. The minimum absolute atomic E-state index is 0.558. The molecule has 1 saturated heterocycles. The van der Waals surface area contributed by atoms with Gasteiger partial charge in [0.1, 0.15) is 0 Å². The topological polar surface area (TPSA) is 15.3 Å². The maximum Gasteiger partial charge on any atom is 0.0349 e. The van der Waals surface area contributed by atoms with E-state index in [0.717, 1.165) is 26.2 Å². The quantitative estimate of drug-likeness (QED) is 0.731. The first-order chi connectivity index (χ1) is 11.9. The van der Waals surface area contributed by atoms with E-state index in [-0.39, 0.29) is 0 Å². The number of nitrogens with zero attached hydrogens (tertiary/aromatic N) is 1. The van der Waals surface area contributed by atoms with Crippen LogP contribution in [0.2, 0.25) is 0 Å². The largest absolute Gasteiger partial charge is 0.314 e. The zero-order valence-electron chi connectivity index (χ0n) is 14.9. The van der Waals surface area contributed by atoms with Crippen molar-refractivity contribution in [1.82, 2.24) is 10.2 Å². The van der Waals surface area contributed by atoms with Crippen LogP contribution in [0, 0.1) is 0 Å². The van der Waals surface area contributed by atoms with Crippen molar-refractivity contribution in [3.63, 3.8) is 0 Å². The second kappa shape index (κ2) is 9.00. The smallest absolute Gasteiger partial charge is 0.0349 e. The van der Waals surface area contributed by atoms with Gasteiger partial charge in [-0.15, -0.1) is 0 Å². The number of hydrogen-bond donors (Lipinski definition) is 1. The molecule has 128 valence electrons. The molecule has 24 heavy (non-hydrogen) atoms. The second-order valence-corrected chi connectivity index (χ2v) is 6.79. The van der Waals surface area contributed by atoms with Crippen molar-refractivity contribution in [3.05, 3.63) is 60.2 Å². The molecule has 2 nitrogen and oxygen atoms in total. The van der Waals surface area contributed by atoms with Gasteiger partial charge < -0.3 is 5.32 Å². The van der Waals surface area contributed by atoms with Crippen LogP contribution >= 0.6 is 0 Å². The lowest BCUT2D eigenvalue weighted by Gasteiger charge is -2.35. The van der Waals surface area contributed by atoms with Crippen molar-refractivity contribution in [2.24, 2.45) is 0 Å². The molecule has 1 atom stereocenters. The fraction of sp³-hybridized carbons (Fsp3) is 0.455.